The van der Waals surface area contributed by atoms with Gasteiger partial charge in [0.2, 0.25) is 0 Å². The maximum atomic E-state index is 13.0. The average molecular weight is 281 g/mol. The zero-order valence-corrected chi connectivity index (χ0v) is 11.2. The monoisotopic (exact) mass is 280 g/mol. The minimum atomic E-state index is -0.465. The Balaban J connectivity index is 2.11. The standard InChI is InChI=1S/C14H14ClFN2O/c1-2-17-7-10-5-12(9-18-8-10)19-11-3-4-14(16)13(15)6-11/h3-6,8-9,17H,2,7H2,1H3. The predicted octanol–water partition coefficient (Wildman–Crippen LogP) is 3.78. The average Bonchev–Trinajstić information content (AvgIpc) is 2.41. The maximum absolute atomic E-state index is 13.0. The molecular formula is C14H14ClFN2O. The Morgan fingerprint density at radius 2 is 2.11 bits per heavy atom. The van der Waals surface area contributed by atoms with Crippen LogP contribution in [0.15, 0.2) is 36.7 Å². The van der Waals surface area contributed by atoms with Crippen LogP contribution in [0.2, 0.25) is 5.02 Å². The lowest BCUT2D eigenvalue weighted by Crippen LogP contribution is -2.11. The van der Waals surface area contributed by atoms with Crippen LogP contribution >= 0.6 is 11.6 Å². The van der Waals surface area contributed by atoms with Crippen LogP contribution in [0.25, 0.3) is 0 Å². The number of benzene rings is 1. The largest absolute Gasteiger partial charge is 0.456 e. The van der Waals surface area contributed by atoms with Crippen molar-refractivity contribution in [3.8, 4) is 11.5 Å². The van der Waals surface area contributed by atoms with Crippen molar-refractivity contribution >= 4 is 11.6 Å². The summed E-state index contributed by atoms with van der Waals surface area (Å²) in [6, 6.07) is 6.12. The van der Waals surface area contributed by atoms with Crippen LogP contribution in [0.1, 0.15) is 12.5 Å². The topological polar surface area (TPSA) is 34.2 Å². The first-order valence-electron chi connectivity index (χ1n) is 5.96. The van der Waals surface area contributed by atoms with Gasteiger partial charge in [0, 0.05) is 18.8 Å². The minimum absolute atomic E-state index is 0.0364. The van der Waals surface area contributed by atoms with Gasteiger partial charge in [-0.2, -0.15) is 0 Å². The van der Waals surface area contributed by atoms with E-state index in [0.29, 0.717) is 11.5 Å². The van der Waals surface area contributed by atoms with E-state index in [4.69, 9.17) is 16.3 Å². The molecule has 19 heavy (non-hydrogen) atoms. The molecular weight excluding hydrogens is 267 g/mol. The van der Waals surface area contributed by atoms with E-state index in [9.17, 15) is 4.39 Å². The lowest BCUT2D eigenvalue weighted by molar-refractivity contribution is 0.477. The zero-order valence-electron chi connectivity index (χ0n) is 10.5. The van der Waals surface area contributed by atoms with Crippen molar-refractivity contribution in [1.82, 2.24) is 10.3 Å². The van der Waals surface area contributed by atoms with Gasteiger partial charge in [-0.3, -0.25) is 4.98 Å². The Kier molecular flexibility index (Phi) is 4.71. The molecule has 0 aliphatic heterocycles. The molecule has 0 saturated heterocycles. The fraction of sp³-hybridized carbons (Fsp3) is 0.214. The lowest BCUT2D eigenvalue weighted by Gasteiger charge is -2.08. The van der Waals surface area contributed by atoms with Gasteiger partial charge in [-0.05, 0) is 30.3 Å². The lowest BCUT2D eigenvalue weighted by atomic mass is 10.2. The van der Waals surface area contributed by atoms with E-state index in [0.717, 1.165) is 18.7 Å². The molecule has 5 heteroatoms. The molecule has 1 aromatic heterocycles. The molecule has 0 saturated carbocycles. The molecule has 0 bridgehead atoms. The predicted molar refractivity (Wildman–Crippen MR) is 73.1 cm³/mol. The molecule has 3 nitrogen and oxygen atoms in total. The molecule has 1 aromatic carbocycles. The van der Waals surface area contributed by atoms with Crippen LogP contribution in [-0.4, -0.2) is 11.5 Å². The molecule has 0 aliphatic rings. The van der Waals surface area contributed by atoms with Crippen molar-refractivity contribution in [3.05, 3.63) is 53.1 Å². The molecule has 1 N–H and O–H groups in total. The van der Waals surface area contributed by atoms with Crippen molar-refractivity contribution in [2.24, 2.45) is 0 Å². The second-order valence-corrected chi connectivity index (χ2v) is 4.39. The fourth-order valence-corrected chi connectivity index (χ4v) is 1.73. The Morgan fingerprint density at radius 3 is 2.84 bits per heavy atom. The van der Waals surface area contributed by atoms with E-state index >= 15 is 0 Å². The van der Waals surface area contributed by atoms with E-state index in [1.165, 1.54) is 18.2 Å². The first-order chi connectivity index (χ1) is 9.19. The number of nitrogens with zero attached hydrogens (tertiary/aromatic N) is 1. The summed E-state index contributed by atoms with van der Waals surface area (Å²) in [6.07, 6.45) is 3.37. The second-order valence-electron chi connectivity index (χ2n) is 3.99. The summed E-state index contributed by atoms with van der Waals surface area (Å²) in [7, 11) is 0. The van der Waals surface area contributed by atoms with Crippen LogP contribution in [0, 0.1) is 5.82 Å². The van der Waals surface area contributed by atoms with Crippen LogP contribution < -0.4 is 10.1 Å². The first-order valence-corrected chi connectivity index (χ1v) is 6.34. The molecule has 0 fully saturated rings. The van der Waals surface area contributed by atoms with Crippen molar-refractivity contribution < 1.29 is 9.13 Å². The van der Waals surface area contributed by atoms with Crippen molar-refractivity contribution in [1.29, 1.82) is 0 Å². The van der Waals surface area contributed by atoms with Crippen molar-refractivity contribution in [2.75, 3.05) is 6.54 Å². The van der Waals surface area contributed by atoms with Crippen molar-refractivity contribution in [3.63, 3.8) is 0 Å². The van der Waals surface area contributed by atoms with Crippen LogP contribution in [0.5, 0.6) is 11.5 Å². The van der Waals surface area contributed by atoms with E-state index in [2.05, 4.69) is 10.3 Å². The number of halogens is 2. The molecule has 0 aliphatic carbocycles. The van der Waals surface area contributed by atoms with Crippen LogP contribution in [0.4, 0.5) is 4.39 Å². The summed E-state index contributed by atoms with van der Waals surface area (Å²) < 4.78 is 18.6. The number of hydrogen-bond donors (Lipinski definition) is 1. The SMILES string of the molecule is CCNCc1cncc(Oc2ccc(F)c(Cl)c2)c1. The molecule has 0 atom stereocenters. The zero-order chi connectivity index (χ0) is 13.7. The quantitative estimate of drug-likeness (QED) is 0.905. The number of ether oxygens (including phenoxy) is 1. The Morgan fingerprint density at radius 1 is 1.26 bits per heavy atom. The van der Waals surface area contributed by atoms with Gasteiger partial charge in [-0.25, -0.2) is 4.39 Å². The molecule has 2 rings (SSSR count). The van der Waals surface area contributed by atoms with Gasteiger partial charge in [0.15, 0.2) is 0 Å². The third-order valence-corrected chi connectivity index (χ3v) is 2.77. The summed E-state index contributed by atoms with van der Waals surface area (Å²) in [4.78, 5) is 4.10. The highest BCUT2D eigenvalue weighted by atomic mass is 35.5. The van der Waals surface area contributed by atoms with Gasteiger partial charge >= 0.3 is 0 Å². The third-order valence-electron chi connectivity index (χ3n) is 2.48. The smallest absolute Gasteiger partial charge is 0.146 e. The molecule has 100 valence electrons. The molecule has 0 radical (unpaired) electrons. The van der Waals surface area contributed by atoms with E-state index in [1.54, 1.807) is 12.4 Å². The molecule has 0 amide bonds. The van der Waals surface area contributed by atoms with E-state index < -0.39 is 5.82 Å². The summed E-state index contributed by atoms with van der Waals surface area (Å²) in [5.41, 5.74) is 1.02. The minimum Gasteiger partial charge on any atom is -0.456 e. The first kappa shape index (κ1) is 13.8. The normalized spacial score (nSPS) is 10.5. The number of nitrogens with one attached hydrogen (secondary N) is 1. The van der Waals surface area contributed by atoms with Gasteiger partial charge in [0.05, 0.1) is 11.2 Å². The summed E-state index contributed by atoms with van der Waals surface area (Å²) in [5.74, 6) is 0.611. The number of aromatic nitrogens is 1. The van der Waals surface area contributed by atoms with E-state index in [1.807, 2.05) is 13.0 Å². The highest BCUT2D eigenvalue weighted by Crippen LogP contribution is 2.26. The molecule has 0 spiro atoms. The summed E-state index contributed by atoms with van der Waals surface area (Å²) in [5, 5.41) is 3.24. The third kappa shape index (κ3) is 3.91. The van der Waals surface area contributed by atoms with Crippen LogP contribution in [-0.2, 0) is 6.54 Å². The van der Waals surface area contributed by atoms with Gasteiger partial charge in [-0.15, -0.1) is 0 Å². The van der Waals surface area contributed by atoms with Gasteiger partial charge in [0.1, 0.15) is 17.3 Å². The number of hydrogen-bond acceptors (Lipinski definition) is 3. The Labute approximate surface area is 116 Å². The highest BCUT2D eigenvalue weighted by Gasteiger charge is 2.04. The second kappa shape index (κ2) is 6.50. The van der Waals surface area contributed by atoms with Gasteiger partial charge < -0.3 is 10.1 Å². The molecule has 0 unspecified atom stereocenters. The maximum Gasteiger partial charge on any atom is 0.146 e. The number of rotatable bonds is 5. The van der Waals surface area contributed by atoms with Crippen LogP contribution in [0.3, 0.4) is 0 Å². The number of pyridine rings is 1. The summed E-state index contributed by atoms with van der Waals surface area (Å²) >= 11 is 5.70. The molecule has 1 heterocycles. The fourth-order valence-electron chi connectivity index (χ4n) is 1.56. The van der Waals surface area contributed by atoms with Gasteiger partial charge in [-0.1, -0.05) is 18.5 Å². The van der Waals surface area contributed by atoms with Crippen molar-refractivity contribution in [2.45, 2.75) is 13.5 Å². The molecule has 2 aromatic rings. The Bertz CT molecular complexity index is 563. The van der Waals surface area contributed by atoms with Gasteiger partial charge in [0.25, 0.3) is 0 Å². The highest BCUT2D eigenvalue weighted by molar-refractivity contribution is 6.30. The van der Waals surface area contributed by atoms with E-state index in [-0.39, 0.29) is 5.02 Å². The Hall–Kier alpha value is -1.65. The summed E-state index contributed by atoms with van der Waals surface area (Å²) in [6.45, 7) is 3.65.